The molecule has 1 aromatic heterocycles. The summed E-state index contributed by atoms with van der Waals surface area (Å²) in [6.07, 6.45) is 1.50. The first kappa shape index (κ1) is 13.8. The summed E-state index contributed by atoms with van der Waals surface area (Å²) in [4.78, 5) is 19.5. The number of hydrogen-bond donors (Lipinski definition) is 1. The maximum absolute atomic E-state index is 11.9. The van der Waals surface area contributed by atoms with Gasteiger partial charge in [-0.25, -0.2) is 9.97 Å². The SMILES string of the molecule is Cc1ccccc1CC(=O)Nc1ncnc(Cl)c1Cl. The summed E-state index contributed by atoms with van der Waals surface area (Å²) in [5.74, 6) is 0.0196. The number of rotatable bonds is 3. The highest BCUT2D eigenvalue weighted by Crippen LogP contribution is 2.25. The number of nitrogens with one attached hydrogen (secondary N) is 1. The average Bonchev–Trinajstić information content (AvgIpc) is 2.38. The molecule has 1 N–H and O–H groups in total. The second kappa shape index (κ2) is 5.99. The molecule has 0 saturated carbocycles. The molecule has 0 aliphatic carbocycles. The molecule has 6 heteroatoms. The molecule has 4 nitrogen and oxygen atoms in total. The fourth-order valence-corrected chi connectivity index (χ4v) is 1.87. The van der Waals surface area contributed by atoms with Gasteiger partial charge in [0.2, 0.25) is 5.91 Å². The van der Waals surface area contributed by atoms with Gasteiger partial charge in [0.25, 0.3) is 0 Å². The molecule has 1 heterocycles. The van der Waals surface area contributed by atoms with E-state index in [9.17, 15) is 4.79 Å². The first-order chi connectivity index (χ1) is 9.08. The van der Waals surface area contributed by atoms with Crippen molar-refractivity contribution >= 4 is 34.9 Å². The van der Waals surface area contributed by atoms with Gasteiger partial charge in [0.05, 0.1) is 6.42 Å². The Morgan fingerprint density at radius 1 is 1.26 bits per heavy atom. The zero-order valence-corrected chi connectivity index (χ0v) is 11.7. The first-order valence-electron chi connectivity index (χ1n) is 5.58. The Morgan fingerprint density at radius 2 is 2.00 bits per heavy atom. The van der Waals surface area contributed by atoms with Gasteiger partial charge in [0.1, 0.15) is 11.3 Å². The molecule has 0 fully saturated rings. The third-order valence-electron chi connectivity index (χ3n) is 2.62. The molecule has 0 unspecified atom stereocenters. The predicted molar refractivity (Wildman–Crippen MR) is 75.6 cm³/mol. The fraction of sp³-hybridized carbons (Fsp3) is 0.154. The summed E-state index contributed by atoms with van der Waals surface area (Å²) >= 11 is 11.6. The number of aromatic nitrogens is 2. The number of carbonyl (C=O) groups excluding carboxylic acids is 1. The zero-order chi connectivity index (χ0) is 13.8. The molecule has 2 aromatic rings. The molecule has 2 rings (SSSR count). The summed E-state index contributed by atoms with van der Waals surface area (Å²) in [5, 5.41) is 2.88. The highest BCUT2D eigenvalue weighted by atomic mass is 35.5. The van der Waals surface area contributed by atoms with Crippen molar-refractivity contribution in [2.45, 2.75) is 13.3 Å². The minimum atomic E-state index is -0.203. The van der Waals surface area contributed by atoms with Crippen molar-refractivity contribution in [1.82, 2.24) is 9.97 Å². The fourth-order valence-electron chi connectivity index (χ4n) is 1.59. The molecule has 0 spiro atoms. The molecule has 0 aliphatic rings. The van der Waals surface area contributed by atoms with E-state index < -0.39 is 0 Å². The number of aryl methyl sites for hydroxylation is 1. The topological polar surface area (TPSA) is 54.9 Å². The Labute approximate surface area is 120 Å². The van der Waals surface area contributed by atoms with Crippen molar-refractivity contribution in [3.05, 3.63) is 51.9 Å². The number of nitrogens with zero attached hydrogens (tertiary/aromatic N) is 2. The summed E-state index contributed by atoms with van der Waals surface area (Å²) in [7, 11) is 0. The number of hydrogen-bond acceptors (Lipinski definition) is 3. The Kier molecular flexibility index (Phi) is 4.35. The van der Waals surface area contributed by atoms with Crippen molar-refractivity contribution < 1.29 is 4.79 Å². The number of halogens is 2. The van der Waals surface area contributed by atoms with E-state index in [1.54, 1.807) is 0 Å². The van der Waals surface area contributed by atoms with Crippen LogP contribution in [0.25, 0.3) is 0 Å². The van der Waals surface area contributed by atoms with Crippen LogP contribution in [0, 0.1) is 6.92 Å². The number of anilines is 1. The lowest BCUT2D eigenvalue weighted by Crippen LogP contribution is -2.16. The second-order valence-corrected chi connectivity index (χ2v) is 4.71. The highest BCUT2D eigenvalue weighted by molar-refractivity contribution is 6.42. The van der Waals surface area contributed by atoms with Crippen molar-refractivity contribution in [2.75, 3.05) is 5.32 Å². The van der Waals surface area contributed by atoms with Gasteiger partial charge >= 0.3 is 0 Å². The van der Waals surface area contributed by atoms with E-state index in [1.165, 1.54) is 6.33 Å². The summed E-state index contributed by atoms with van der Waals surface area (Å²) in [6.45, 7) is 1.96. The van der Waals surface area contributed by atoms with E-state index in [4.69, 9.17) is 23.2 Å². The van der Waals surface area contributed by atoms with Crippen LogP contribution in [-0.2, 0) is 11.2 Å². The van der Waals surface area contributed by atoms with Crippen LogP contribution in [0.5, 0.6) is 0 Å². The summed E-state index contributed by atoms with van der Waals surface area (Å²) in [6, 6.07) is 7.68. The van der Waals surface area contributed by atoms with Crippen LogP contribution >= 0.6 is 23.2 Å². The Balaban J connectivity index is 2.10. The van der Waals surface area contributed by atoms with Crippen LogP contribution < -0.4 is 5.32 Å². The van der Waals surface area contributed by atoms with Crippen molar-refractivity contribution in [3.63, 3.8) is 0 Å². The number of amides is 1. The smallest absolute Gasteiger partial charge is 0.229 e. The van der Waals surface area contributed by atoms with Crippen molar-refractivity contribution in [2.24, 2.45) is 0 Å². The molecule has 0 bridgehead atoms. The predicted octanol–water partition coefficient (Wildman–Crippen LogP) is 3.27. The molecule has 0 radical (unpaired) electrons. The molecular weight excluding hydrogens is 285 g/mol. The van der Waals surface area contributed by atoms with Gasteiger partial charge in [-0.1, -0.05) is 47.5 Å². The lowest BCUT2D eigenvalue weighted by Gasteiger charge is -2.08. The third-order valence-corrected chi connectivity index (χ3v) is 3.36. The molecule has 98 valence electrons. The Hall–Kier alpha value is -1.65. The number of carbonyl (C=O) groups is 1. The third kappa shape index (κ3) is 3.43. The van der Waals surface area contributed by atoms with Crippen LogP contribution in [-0.4, -0.2) is 15.9 Å². The van der Waals surface area contributed by atoms with Gasteiger partial charge in [-0.05, 0) is 18.1 Å². The van der Waals surface area contributed by atoms with Crippen LogP contribution in [0.1, 0.15) is 11.1 Å². The molecule has 1 aromatic carbocycles. The van der Waals surface area contributed by atoms with Gasteiger partial charge in [-0.3, -0.25) is 4.79 Å². The Morgan fingerprint density at radius 3 is 2.74 bits per heavy atom. The van der Waals surface area contributed by atoms with Gasteiger partial charge in [-0.2, -0.15) is 0 Å². The molecule has 0 saturated heterocycles. The number of benzene rings is 1. The summed E-state index contributed by atoms with van der Waals surface area (Å²) < 4.78 is 0. The highest BCUT2D eigenvalue weighted by Gasteiger charge is 2.11. The molecule has 19 heavy (non-hydrogen) atoms. The Bertz CT molecular complexity index is 617. The van der Waals surface area contributed by atoms with E-state index in [2.05, 4.69) is 15.3 Å². The zero-order valence-electron chi connectivity index (χ0n) is 10.2. The molecular formula is C13H11Cl2N3O. The normalized spacial score (nSPS) is 10.3. The maximum atomic E-state index is 11.9. The van der Waals surface area contributed by atoms with E-state index in [0.717, 1.165) is 11.1 Å². The summed E-state index contributed by atoms with van der Waals surface area (Å²) in [5.41, 5.74) is 2.01. The molecule has 0 atom stereocenters. The second-order valence-electron chi connectivity index (χ2n) is 3.98. The first-order valence-corrected chi connectivity index (χ1v) is 6.34. The average molecular weight is 296 g/mol. The minimum absolute atomic E-state index is 0.114. The molecule has 1 amide bonds. The maximum Gasteiger partial charge on any atom is 0.229 e. The van der Waals surface area contributed by atoms with E-state index >= 15 is 0 Å². The van der Waals surface area contributed by atoms with Gasteiger partial charge < -0.3 is 5.32 Å². The largest absolute Gasteiger partial charge is 0.309 e. The monoisotopic (exact) mass is 295 g/mol. The van der Waals surface area contributed by atoms with Crippen LogP contribution in [0.15, 0.2) is 30.6 Å². The lowest BCUT2D eigenvalue weighted by molar-refractivity contribution is -0.115. The van der Waals surface area contributed by atoms with Gasteiger partial charge in [0.15, 0.2) is 11.0 Å². The van der Waals surface area contributed by atoms with Gasteiger partial charge in [-0.15, -0.1) is 0 Å². The van der Waals surface area contributed by atoms with E-state index in [-0.39, 0.29) is 28.3 Å². The minimum Gasteiger partial charge on any atom is -0.309 e. The van der Waals surface area contributed by atoms with Crippen LogP contribution in [0.3, 0.4) is 0 Å². The van der Waals surface area contributed by atoms with E-state index in [1.807, 2.05) is 31.2 Å². The van der Waals surface area contributed by atoms with Crippen LogP contribution in [0.4, 0.5) is 5.82 Å². The van der Waals surface area contributed by atoms with E-state index in [0.29, 0.717) is 0 Å². The molecule has 0 aliphatic heterocycles. The van der Waals surface area contributed by atoms with Crippen LogP contribution in [0.2, 0.25) is 10.2 Å². The lowest BCUT2D eigenvalue weighted by atomic mass is 10.1. The van der Waals surface area contributed by atoms with Gasteiger partial charge in [0, 0.05) is 0 Å². The quantitative estimate of drug-likeness (QED) is 0.884. The van der Waals surface area contributed by atoms with Crippen molar-refractivity contribution in [1.29, 1.82) is 0 Å². The standard InChI is InChI=1S/C13H11Cl2N3O/c1-8-4-2-3-5-9(8)6-10(19)18-13-11(14)12(15)16-7-17-13/h2-5,7H,6H2,1H3,(H,16,17,18,19). The van der Waals surface area contributed by atoms with Crippen molar-refractivity contribution in [3.8, 4) is 0 Å².